The highest BCUT2D eigenvalue weighted by molar-refractivity contribution is 7.92. The summed E-state index contributed by atoms with van der Waals surface area (Å²) in [6, 6.07) is 10.1. The molecule has 2 rings (SSSR count). The summed E-state index contributed by atoms with van der Waals surface area (Å²) >= 11 is 0. The number of sulfonamides is 1. The minimum absolute atomic E-state index is 0.255. The van der Waals surface area contributed by atoms with Gasteiger partial charge < -0.3 is 5.32 Å². The molecule has 0 saturated carbocycles. The number of anilines is 2. The lowest BCUT2D eigenvalue weighted by atomic mass is 10.2. The van der Waals surface area contributed by atoms with Crippen LogP contribution in [0.5, 0.6) is 0 Å². The molecule has 0 spiro atoms. The van der Waals surface area contributed by atoms with Crippen LogP contribution in [0.2, 0.25) is 0 Å². The maximum atomic E-state index is 13.9. The Balaban J connectivity index is 2.13. The fourth-order valence-electron chi connectivity index (χ4n) is 2.23. The summed E-state index contributed by atoms with van der Waals surface area (Å²) in [6.07, 6.45) is 0.575. The number of carbonyl (C=O) groups excluding carboxylic acids is 1. The van der Waals surface area contributed by atoms with Crippen molar-refractivity contribution in [1.29, 1.82) is 0 Å². The molecule has 0 radical (unpaired) electrons. The fourth-order valence-corrected chi connectivity index (χ4v) is 3.16. The van der Waals surface area contributed by atoms with Crippen molar-refractivity contribution >= 4 is 27.3 Å². The summed E-state index contributed by atoms with van der Waals surface area (Å²) in [6.45, 7) is 1.52. The Morgan fingerprint density at radius 1 is 1.08 bits per heavy atom. The number of para-hydroxylation sites is 1. The van der Waals surface area contributed by atoms with Crippen molar-refractivity contribution < 1.29 is 22.0 Å². The van der Waals surface area contributed by atoms with Gasteiger partial charge in [0.1, 0.15) is 5.69 Å². The van der Waals surface area contributed by atoms with E-state index in [9.17, 15) is 22.0 Å². The highest BCUT2D eigenvalue weighted by Gasteiger charge is 2.25. The molecule has 1 N–H and O–H groups in total. The molecule has 0 heterocycles. The van der Waals surface area contributed by atoms with Crippen LogP contribution < -0.4 is 9.62 Å². The molecule has 0 aliphatic rings. The molecule has 134 valence electrons. The SMILES string of the molecule is Cc1ccc(NC(=O)CCN(c2c(F)cccc2F)S(C)(=O)=O)cc1. The fraction of sp³-hybridized carbons (Fsp3) is 0.235. The summed E-state index contributed by atoms with van der Waals surface area (Å²) in [7, 11) is -3.96. The van der Waals surface area contributed by atoms with Gasteiger partial charge in [-0.2, -0.15) is 0 Å². The van der Waals surface area contributed by atoms with Gasteiger partial charge in [-0.15, -0.1) is 0 Å². The third kappa shape index (κ3) is 4.99. The standard InChI is InChI=1S/C17H18F2N2O3S/c1-12-6-8-13(9-7-12)20-16(22)10-11-21(25(2,23)24)17-14(18)4-3-5-15(17)19/h3-9H,10-11H2,1-2H3,(H,20,22). The predicted octanol–water partition coefficient (Wildman–Crippen LogP) is 3.07. The van der Waals surface area contributed by atoms with E-state index in [-0.39, 0.29) is 13.0 Å². The average Bonchev–Trinajstić information content (AvgIpc) is 2.51. The molecule has 1 amide bonds. The summed E-state index contributed by atoms with van der Waals surface area (Å²) < 4.78 is 52.2. The average molecular weight is 368 g/mol. The van der Waals surface area contributed by atoms with Crippen LogP contribution in [-0.4, -0.2) is 27.1 Å². The number of carbonyl (C=O) groups is 1. The van der Waals surface area contributed by atoms with E-state index in [0.717, 1.165) is 30.0 Å². The van der Waals surface area contributed by atoms with E-state index in [1.54, 1.807) is 12.1 Å². The van der Waals surface area contributed by atoms with Gasteiger partial charge >= 0.3 is 0 Å². The zero-order chi connectivity index (χ0) is 18.6. The third-order valence-electron chi connectivity index (χ3n) is 3.46. The number of hydrogen-bond acceptors (Lipinski definition) is 3. The van der Waals surface area contributed by atoms with Gasteiger partial charge in [-0.25, -0.2) is 17.2 Å². The lowest BCUT2D eigenvalue weighted by Crippen LogP contribution is -2.34. The van der Waals surface area contributed by atoms with Crippen LogP contribution in [0.25, 0.3) is 0 Å². The Hall–Kier alpha value is -2.48. The molecule has 2 aromatic rings. The molecule has 0 aromatic heterocycles. The van der Waals surface area contributed by atoms with Crippen LogP contribution in [0.3, 0.4) is 0 Å². The first kappa shape index (κ1) is 18.9. The largest absolute Gasteiger partial charge is 0.326 e. The van der Waals surface area contributed by atoms with Gasteiger partial charge in [-0.1, -0.05) is 23.8 Å². The van der Waals surface area contributed by atoms with E-state index in [1.165, 1.54) is 0 Å². The molecule has 0 fully saturated rings. The van der Waals surface area contributed by atoms with Crippen molar-refractivity contribution in [2.24, 2.45) is 0 Å². The molecule has 0 bridgehead atoms. The van der Waals surface area contributed by atoms with E-state index >= 15 is 0 Å². The lowest BCUT2D eigenvalue weighted by Gasteiger charge is -2.23. The summed E-state index contributed by atoms with van der Waals surface area (Å²) in [5, 5.41) is 2.61. The maximum absolute atomic E-state index is 13.9. The quantitative estimate of drug-likeness (QED) is 0.852. The van der Waals surface area contributed by atoms with Gasteiger partial charge in [-0.05, 0) is 31.2 Å². The molecule has 5 nitrogen and oxygen atoms in total. The number of benzene rings is 2. The second-order valence-electron chi connectivity index (χ2n) is 5.57. The normalized spacial score (nSPS) is 11.2. The van der Waals surface area contributed by atoms with Crippen molar-refractivity contribution in [2.45, 2.75) is 13.3 Å². The van der Waals surface area contributed by atoms with Crippen molar-refractivity contribution in [2.75, 3.05) is 22.4 Å². The molecule has 0 unspecified atom stereocenters. The van der Waals surface area contributed by atoms with Crippen molar-refractivity contribution in [3.05, 3.63) is 59.7 Å². The Labute approximate surface area is 145 Å². The second-order valence-corrected chi connectivity index (χ2v) is 7.48. The number of rotatable bonds is 6. The first-order valence-electron chi connectivity index (χ1n) is 7.47. The van der Waals surface area contributed by atoms with E-state index < -0.39 is 33.3 Å². The molecule has 8 heteroatoms. The van der Waals surface area contributed by atoms with Gasteiger partial charge in [0.25, 0.3) is 0 Å². The highest BCUT2D eigenvalue weighted by atomic mass is 32.2. The molecule has 0 aliphatic carbocycles. The second kappa shape index (κ2) is 7.60. The number of hydrogen-bond donors (Lipinski definition) is 1. The van der Waals surface area contributed by atoms with Crippen LogP contribution in [0, 0.1) is 18.6 Å². The Morgan fingerprint density at radius 2 is 1.64 bits per heavy atom. The number of nitrogens with one attached hydrogen (secondary N) is 1. The predicted molar refractivity (Wildman–Crippen MR) is 93.0 cm³/mol. The van der Waals surface area contributed by atoms with Crippen LogP contribution in [0.1, 0.15) is 12.0 Å². The monoisotopic (exact) mass is 368 g/mol. The Bertz CT molecular complexity index is 848. The number of nitrogens with zero attached hydrogens (tertiary/aromatic N) is 1. The van der Waals surface area contributed by atoms with E-state index in [4.69, 9.17) is 0 Å². The Morgan fingerprint density at radius 3 is 2.16 bits per heavy atom. The van der Waals surface area contributed by atoms with E-state index in [2.05, 4.69) is 5.32 Å². The zero-order valence-electron chi connectivity index (χ0n) is 13.8. The van der Waals surface area contributed by atoms with Gasteiger partial charge in [-0.3, -0.25) is 9.10 Å². The van der Waals surface area contributed by atoms with E-state index in [0.29, 0.717) is 9.99 Å². The van der Waals surface area contributed by atoms with Crippen molar-refractivity contribution in [3.63, 3.8) is 0 Å². The molecular formula is C17H18F2N2O3S. The zero-order valence-corrected chi connectivity index (χ0v) is 14.6. The van der Waals surface area contributed by atoms with Gasteiger partial charge in [0, 0.05) is 18.7 Å². The first-order valence-corrected chi connectivity index (χ1v) is 9.31. The number of amides is 1. The van der Waals surface area contributed by atoms with Gasteiger partial charge in [0.15, 0.2) is 11.6 Å². The van der Waals surface area contributed by atoms with Gasteiger partial charge in [0.05, 0.1) is 6.26 Å². The minimum atomic E-state index is -3.96. The van der Waals surface area contributed by atoms with Crippen LogP contribution in [-0.2, 0) is 14.8 Å². The Kier molecular flexibility index (Phi) is 5.73. The molecular weight excluding hydrogens is 350 g/mol. The molecule has 0 aliphatic heterocycles. The number of aryl methyl sites for hydroxylation is 1. The van der Waals surface area contributed by atoms with Crippen LogP contribution in [0.15, 0.2) is 42.5 Å². The summed E-state index contributed by atoms with van der Waals surface area (Å²) in [5.74, 6) is -2.48. The van der Waals surface area contributed by atoms with Crippen LogP contribution in [0.4, 0.5) is 20.2 Å². The highest BCUT2D eigenvalue weighted by Crippen LogP contribution is 2.25. The maximum Gasteiger partial charge on any atom is 0.232 e. The third-order valence-corrected chi connectivity index (χ3v) is 4.63. The van der Waals surface area contributed by atoms with Gasteiger partial charge in [0.2, 0.25) is 15.9 Å². The minimum Gasteiger partial charge on any atom is -0.326 e. The summed E-state index contributed by atoms with van der Waals surface area (Å²) in [5.41, 5.74) is 0.892. The first-order chi connectivity index (χ1) is 11.7. The molecule has 25 heavy (non-hydrogen) atoms. The smallest absolute Gasteiger partial charge is 0.232 e. The van der Waals surface area contributed by atoms with Crippen molar-refractivity contribution in [1.82, 2.24) is 0 Å². The molecule has 0 saturated heterocycles. The summed E-state index contributed by atoms with van der Waals surface area (Å²) in [4.78, 5) is 12.0. The molecule has 0 atom stereocenters. The lowest BCUT2D eigenvalue weighted by molar-refractivity contribution is -0.116. The van der Waals surface area contributed by atoms with E-state index in [1.807, 2.05) is 19.1 Å². The van der Waals surface area contributed by atoms with Crippen LogP contribution >= 0.6 is 0 Å². The van der Waals surface area contributed by atoms with Crippen molar-refractivity contribution in [3.8, 4) is 0 Å². The molecule has 2 aromatic carbocycles. The topological polar surface area (TPSA) is 66.5 Å². The number of halogens is 2.